The van der Waals surface area contributed by atoms with Gasteiger partial charge in [-0.1, -0.05) is 35.3 Å². The molecule has 5 nitrogen and oxygen atoms in total. The van der Waals surface area contributed by atoms with E-state index in [1.54, 1.807) is 32.6 Å². The molecule has 8 heteroatoms. The zero-order chi connectivity index (χ0) is 22.2. The smallest absolute Gasteiger partial charge is 0.161 e. The van der Waals surface area contributed by atoms with Crippen molar-refractivity contribution >= 4 is 45.3 Å². The van der Waals surface area contributed by atoms with Crippen LogP contribution in [0.15, 0.2) is 64.2 Å². The summed E-state index contributed by atoms with van der Waals surface area (Å²) >= 11 is 15.7. The van der Waals surface area contributed by atoms with E-state index in [4.69, 9.17) is 37.4 Å². The number of benzene rings is 3. The Kier molecular flexibility index (Phi) is 8.46. The molecule has 0 aliphatic carbocycles. The number of nitrogens with one attached hydrogen (secondary N) is 1. The van der Waals surface area contributed by atoms with Crippen LogP contribution in [-0.2, 0) is 13.2 Å². The van der Waals surface area contributed by atoms with Crippen molar-refractivity contribution in [3.8, 4) is 17.2 Å². The molecule has 0 heterocycles. The molecule has 3 aromatic rings. The van der Waals surface area contributed by atoms with E-state index in [1.807, 2.05) is 42.5 Å². The molecule has 3 aromatic carbocycles. The molecule has 162 valence electrons. The molecule has 0 atom stereocenters. The molecule has 0 amide bonds. The summed E-state index contributed by atoms with van der Waals surface area (Å²) in [7, 11) is 3.23. The van der Waals surface area contributed by atoms with Crippen LogP contribution < -0.4 is 19.6 Å². The van der Waals surface area contributed by atoms with Crippen molar-refractivity contribution in [3.63, 3.8) is 0 Å². The van der Waals surface area contributed by atoms with E-state index >= 15 is 0 Å². The Morgan fingerprint density at radius 3 is 2.42 bits per heavy atom. The van der Waals surface area contributed by atoms with Gasteiger partial charge in [0, 0.05) is 15.6 Å². The van der Waals surface area contributed by atoms with Crippen molar-refractivity contribution in [3.05, 3.63) is 85.8 Å². The number of ether oxygens (including phenoxy) is 3. The fourth-order valence-corrected chi connectivity index (χ4v) is 3.73. The minimum Gasteiger partial charge on any atom is -0.493 e. The number of hydrogen-bond acceptors (Lipinski definition) is 5. The molecule has 0 spiro atoms. The lowest BCUT2D eigenvalue weighted by Gasteiger charge is -2.10. The molecule has 3 rings (SSSR count). The molecule has 0 fully saturated rings. The second-order valence-electron chi connectivity index (χ2n) is 6.50. The van der Waals surface area contributed by atoms with Crippen molar-refractivity contribution in [1.82, 2.24) is 5.43 Å². The van der Waals surface area contributed by atoms with Gasteiger partial charge in [-0.3, -0.25) is 0 Å². The summed E-state index contributed by atoms with van der Waals surface area (Å²) in [4.78, 5) is 0. The Morgan fingerprint density at radius 1 is 0.935 bits per heavy atom. The topological polar surface area (TPSA) is 52.1 Å². The van der Waals surface area contributed by atoms with Gasteiger partial charge < -0.3 is 19.6 Å². The average molecular weight is 524 g/mol. The van der Waals surface area contributed by atoms with Crippen molar-refractivity contribution in [2.24, 2.45) is 5.10 Å². The predicted molar refractivity (Wildman–Crippen MR) is 129 cm³/mol. The summed E-state index contributed by atoms with van der Waals surface area (Å²) in [6.07, 6.45) is 1.74. The number of hydrazone groups is 1. The number of rotatable bonds is 9. The van der Waals surface area contributed by atoms with Crippen LogP contribution in [-0.4, -0.2) is 20.4 Å². The first kappa shape index (κ1) is 23.3. The zero-order valence-corrected chi connectivity index (χ0v) is 20.1. The molecule has 0 saturated heterocycles. The maximum Gasteiger partial charge on any atom is 0.161 e. The quantitative estimate of drug-likeness (QED) is 0.258. The second kappa shape index (κ2) is 11.3. The Labute approximate surface area is 200 Å². The van der Waals surface area contributed by atoms with Crippen LogP contribution in [0.2, 0.25) is 10.0 Å². The van der Waals surface area contributed by atoms with Gasteiger partial charge in [-0.2, -0.15) is 5.10 Å². The maximum atomic E-state index is 6.19. The lowest BCUT2D eigenvalue weighted by molar-refractivity contribution is 0.304. The SMILES string of the molecule is COc1ccc(CN/N=C/c2ccc(OCc3ccc(Cl)cc3Cl)c(Br)c2)cc1OC. The monoisotopic (exact) mass is 522 g/mol. The largest absolute Gasteiger partial charge is 0.493 e. The maximum absolute atomic E-state index is 6.19. The van der Waals surface area contributed by atoms with Crippen LogP contribution in [0.1, 0.15) is 16.7 Å². The first-order valence-electron chi connectivity index (χ1n) is 9.33. The highest BCUT2D eigenvalue weighted by molar-refractivity contribution is 9.10. The molecule has 0 bridgehead atoms. The van der Waals surface area contributed by atoms with Gasteiger partial charge in [0.2, 0.25) is 0 Å². The van der Waals surface area contributed by atoms with Gasteiger partial charge in [0.25, 0.3) is 0 Å². The molecule has 0 aliphatic rings. The molecule has 0 radical (unpaired) electrons. The Hall–Kier alpha value is -2.41. The highest BCUT2D eigenvalue weighted by Gasteiger charge is 2.06. The lowest BCUT2D eigenvalue weighted by atomic mass is 10.2. The zero-order valence-electron chi connectivity index (χ0n) is 17.0. The lowest BCUT2D eigenvalue weighted by Crippen LogP contribution is -2.06. The first-order chi connectivity index (χ1) is 15.0. The summed E-state index contributed by atoms with van der Waals surface area (Å²) in [5, 5.41) is 5.45. The van der Waals surface area contributed by atoms with Gasteiger partial charge >= 0.3 is 0 Å². The van der Waals surface area contributed by atoms with Gasteiger partial charge in [-0.15, -0.1) is 0 Å². The molecule has 0 aliphatic heterocycles. The summed E-state index contributed by atoms with van der Waals surface area (Å²) in [5.74, 6) is 2.09. The van der Waals surface area contributed by atoms with Crippen LogP contribution in [0.5, 0.6) is 17.2 Å². The summed E-state index contributed by atoms with van der Waals surface area (Å²) < 4.78 is 17.2. The number of hydrogen-bond donors (Lipinski definition) is 1. The summed E-state index contributed by atoms with van der Waals surface area (Å²) in [6, 6.07) is 16.8. The minimum absolute atomic E-state index is 0.342. The van der Waals surface area contributed by atoms with E-state index in [-0.39, 0.29) is 0 Å². The summed E-state index contributed by atoms with van der Waals surface area (Å²) in [6.45, 7) is 0.899. The van der Waals surface area contributed by atoms with Crippen molar-refractivity contribution in [2.45, 2.75) is 13.2 Å². The van der Waals surface area contributed by atoms with E-state index in [0.717, 1.165) is 21.2 Å². The van der Waals surface area contributed by atoms with Gasteiger partial charge in [0.05, 0.1) is 31.5 Å². The molecule has 1 N–H and O–H groups in total. The average Bonchev–Trinajstić information content (AvgIpc) is 2.77. The molecule has 0 aromatic heterocycles. The standard InChI is InChI=1S/C23H21BrCl2N2O3/c1-29-22-8-4-16(10-23(22)30-2)13-28-27-12-15-3-7-21(19(24)9-15)31-14-17-5-6-18(25)11-20(17)26/h3-12,28H,13-14H2,1-2H3/b27-12+. The fourth-order valence-electron chi connectivity index (χ4n) is 2.76. The summed E-state index contributed by atoms with van der Waals surface area (Å²) in [5.41, 5.74) is 5.84. The van der Waals surface area contributed by atoms with Gasteiger partial charge in [0.15, 0.2) is 11.5 Å². The van der Waals surface area contributed by atoms with Gasteiger partial charge in [0.1, 0.15) is 12.4 Å². The minimum atomic E-state index is 0.342. The third kappa shape index (κ3) is 6.53. The number of methoxy groups -OCH3 is 2. The Balaban J connectivity index is 1.55. The van der Waals surface area contributed by atoms with E-state index in [2.05, 4.69) is 26.5 Å². The van der Waals surface area contributed by atoms with E-state index in [0.29, 0.717) is 40.4 Å². The van der Waals surface area contributed by atoms with Crippen LogP contribution in [0.3, 0.4) is 0 Å². The third-order valence-corrected chi connectivity index (χ3v) is 5.60. The second-order valence-corrected chi connectivity index (χ2v) is 8.19. The highest BCUT2D eigenvalue weighted by atomic mass is 79.9. The molecule has 0 saturated carbocycles. The van der Waals surface area contributed by atoms with E-state index in [9.17, 15) is 0 Å². The van der Waals surface area contributed by atoms with Gasteiger partial charge in [-0.05, 0) is 69.5 Å². The van der Waals surface area contributed by atoms with Crippen LogP contribution in [0, 0.1) is 0 Å². The number of halogens is 3. The predicted octanol–water partition coefficient (Wildman–Crippen LogP) is 6.48. The highest BCUT2D eigenvalue weighted by Crippen LogP contribution is 2.29. The molecule has 0 unspecified atom stereocenters. The van der Waals surface area contributed by atoms with Gasteiger partial charge in [-0.25, -0.2) is 0 Å². The number of nitrogens with zero attached hydrogens (tertiary/aromatic N) is 1. The Bertz CT molecular complexity index is 1080. The van der Waals surface area contributed by atoms with Crippen molar-refractivity contribution < 1.29 is 14.2 Å². The molecule has 31 heavy (non-hydrogen) atoms. The fraction of sp³-hybridized carbons (Fsp3) is 0.174. The van der Waals surface area contributed by atoms with Crippen LogP contribution >= 0.6 is 39.1 Å². The normalized spacial score (nSPS) is 10.9. The Morgan fingerprint density at radius 2 is 1.71 bits per heavy atom. The molecular weight excluding hydrogens is 503 g/mol. The van der Waals surface area contributed by atoms with Crippen LogP contribution in [0.25, 0.3) is 0 Å². The molecular formula is C23H21BrCl2N2O3. The first-order valence-corrected chi connectivity index (χ1v) is 10.9. The van der Waals surface area contributed by atoms with E-state index < -0.39 is 0 Å². The van der Waals surface area contributed by atoms with Crippen LogP contribution in [0.4, 0.5) is 0 Å². The third-order valence-electron chi connectivity index (χ3n) is 4.39. The van der Waals surface area contributed by atoms with Crippen molar-refractivity contribution in [2.75, 3.05) is 14.2 Å². The van der Waals surface area contributed by atoms with E-state index in [1.165, 1.54) is 0 Å². The van der Waals surface area contributed by atoms with Crippen molar-refractivity contribution in [1.29, 1.82) is 0 Å².